The van der Waals surface area contributed by atoms with Gasteiger partial charge >= 0.3 is 5.97 Å². The molecule has 0 unspecified atom stereocenters. The van der Waals surface area contributed by atoms with Crippen LogP contribution in [0, 0.1) is 6.92 Å². The molecule has 0 fully saturated rings. The number of rotatable bonds is 6. The van der Waals surface area contributed by atoms with Crippen molar-refractivity contribution >= 4 is 40.2 Å². The molecule has 0 atom stereocenters. The van der Waals surface area contributed by atoms with E-state index in [2.05, 4.69) is 9.69 Å². The fraction of sp³-hybridized carbons (Fsp3) is 0.214. The van der Waals surface area contributed by atoms with E-state index in [9.17, 15) is 9.59 Å². The summed E-state index contributed by atoms with van der Waals surface area (Å²) in [6.45, 7) is 1.61. The molecular weight excluding hydrogens is 308 g/mol. The van der Waals surface area contributed by atoms with Gasteiger partial charge in [0.15, 0.2) is 0 Å². The van der Waals surface area contributed by atoms with Gasteiger partial charge in [-0.15, -0.1) is 11.8 Å². The number of anilines is 1. The first-order chi connectivity index (χ1) is 10.1. The summed E-state index contributed by atoms with van der Waals surface area (Å²) >= 11 is 2.47. The highest BCUT2D eigenvalue weighted by Gasteiger charge is 2.19. The zero-order valence-corrected chi connectivity index (χ0v) is 13.0. The van der Waals surface area contributed by atoms with Crippen LogP contribution in [0.15, 0.2) is 30.3 Å². The van der Waals surface area contributed by atoms with Crippen LogP contribution in [0.2, 0.25) is 0 Å². The Labute approximate surface area is 130 Å². The summed E-state index contributed by atoms with van der Waals surface area (Å²) in [4.78, 5) is 22.9. The number of carbonyl (C=O) groups excluding carboxylic acids is 1. The lowest BCUT2D eigenvalue weighted by atomic mass is 10.2. The second kappa shape index (κ2) is 7.24. The summed E-state index contributed by atoms with van der Waals surface area (Å²) in [5, 5.41) is 12.0. The van der Waals surface area contributed by atoms with Crippen LogP contribution in [0.25, 0.3) is 0 Å². The number of hydrogen-bond acceptors (Lipinski definition) is 5. The third-order valence-corrected chi connectivity index (χ3v) is 4.53. The summed E-state index contributed by atoms with van der Waals surface area (Å²) < 4.78 is 3.96. The standard InChI is InChI=1S/C14H14N2O3S2/c1-9-12(14(18)19)13(21-16-9)15-11(17)8-20-7-10-5-3-2-4-6-10/h2-6H,7-8H2,1H3,(H,15,17)(H,18,19). The highest BCUT2D eigenvalue weighted by Crippen LogP contribution is 2.24. The first kappa shape index (κ1) is 15.5. The van der Waals surface area contributed by atoms with E-state index in [-0.39, 0.29) is 17.2 Å². The Hall–Kier alpha value is -1.86. The van der Waals surface area contributed by atoms with Gasteiger partial charge in [0, 0.05) is 5.75 Å². The molecule has 0 spiro atoms. The number of amides is 1. The number of thioether (sulfide) groups is 1. The Balaban J connectivity index is 1.86. The molecule has 0 bridgehead atoms. The highest BCUT2D eigenvalue weighted by molar-refractivity contribution is 7.99. The predicted octanol–water partition coefficient (Wildman–Crippen LogP) is 3.02. The fourth-order valence-corrected chi connectivity index (χ4v) is 3.30. The lowest BCUT2D eigenvalue weighted by Gasteiger charge is -2.04. The summed E-state index contributed by atoms with van der Waals surface area (Å²) in [5.41, 5.74) is 1.64. The van der Waals surface area contributed by atoms with Gasteiger partial charge in [0.1, 0.15) is 10.6 Å². The zero-order valence-electron chi connectivity index (χ0n) is 11.3. The van der Waals surface area contributed by atoms with E-state index in [4.69, 9.17) is 5.11 Å². The molecule has 1 aromatic heterocycles. The summed E-state index contributed by atoms with van der Waals surface area (Å²) in [6.07, 6.45) is 0. The van der Waals surface area contributed by atoms with Crippen molar-refractivity contribution in [2.24, 2.45) is 0 Å². The molecule has 0 aliphatic heterocycles. The second-order valence-electron chi connectivity index (χ2n) is 4.30. The van der Waals surface area contributed by atoms with E-state index in [0.717, 1.165) is 22.8 Å². The molecule has 21 heavy (non-hydrogen) atoms. The number of benzene rings is 1. The summed E-state index contributed by atoms with van der Waals surface area (Å²) in [5.74, 6) is -0.289. The van der Waals surface area contributed by atoms with Crippen LogP contribution in [0.3, 0.4) is 0 Å². The van der Waals surface area contributed by atoms with Gasteiger partial charge in [-0.3, -0.25) is 4.79 Å². The molecule has 1 aromatic carbocycles. The molecular formula is C14H14N2O3S2. The smallest absolute Gasteiger partial charge is 0.340 e. The van der Waals surface area contributed by atoms with E-state index in [1.807, 2.05) is 30.3 Å². The SMILES string of the molecule is Cc1nsc(NC(=O)CSCc2ccccc2)c1C(=O)O. The minimum absolute atomic E-state index is 0.0707. The van der Waals surface area contributed by atoms with E-state index in [1.54, 1.807) is 6.92 Å². The van der Waals surface area contributed by atoms with Crippen LogP contribution in [0.4, 0.5) is 5.00 Å². The zero-order chi connectivity index (χ0) is 15.2. The molecule has 2 rings (SSSR count). The lowest BCUT2D eigenvalue weighted by molar-refractivity contribution is -0.113. The average Bonchev–Trinajstić information content (AvgIpc) is 2.81. The van der Waals surface area contributed by atoms with Gasteiger partial charge in [-0.1, -0.05) is 30.3 Å². The molecule has 0 aliphatic carbocycles. The van der Waals surface area contributed by atoms with Gasteiger partial charge in [-0.25, -0.2) is 4.79 Å². The molecule has 0 radical (unpaired) electrons. The van der Waals surface area contributed by atoms with Gasteiger partial charge in [-0.2, -0.15) is 4.37 Å². The van der Waals surface area contributed by atoms with Crippen molar-refractivity contribution in [3.8, 4) is 0 Å². The van der Waals surface area contributed by atoms with Crippen LogP contribution in [0.5, 0.6) is 0 Å². The number of carboxylic acid groups (broad SMARTS) is 1. The summed E-state index contributed by atoms with van der Waals surface area (Å²) in [7, 11) is 0. The average molecular weight is 322 g/mol. The van der Waals surface area contributed by atoms with Crippen molar-refractivity contribution < 1.29 is 14.7 Å². The number of hydrogen-bond donors (Lipinski definition) is 2. The van der Waals surface area contributed by atoms with Gasteiger partial charge in [-0.05, 0) is 24.0 Å². The molecule has 1 amide bonds. The molecule has 110 valence electrons. The van der Waals surface area contributed by atoms with Crippen LogP contribution < -0.4 is 5.32 Å². The topological polar surface area (TPSA) is 79.3 Å². The maximum atomic E-state index is 11.8. The van der Waals surface area contributed by atoms with Crippen LogP contribution in [0.1, 0.15) is 21.6 Å². The number of carbonyl (C=O) groups is 2. The summed E-state index contributed by atoms with van der Waals surface area (Å²) in [6, 6.07) is 9.85. The number of aryl methyl sites for hydroxylation is 1. The molecule has 2 N–H and O–H groups in total. The molecule has 7 heteroatoms. The Bertz CT molecular complexity index is 641. The first-order valence-electron chi connectivity index (χ1n) is 6.19. The molecule has 5 nitrogen and oxygen atoms in total. The minimum Gasteiger partial charge on any atom is -0.478 e. The molecule has 2 aromatic rings. The Morgan fingerprint density at radius 3 is 2.71 bits per heavy atom. The maximum absolute atomic E-state index is 11.8. The Morgan fingerprint density at radius 1 is 1.33 bits per heavy atom. The van der Waals surface area contributed by atoms with Gasteiger partial charge in [0.25, 0.3) is 0 Å². The second-order valence-corrected chi connectivity index (χ2v) is 6.06. The quantitative estimate of drug-likeness (QED) is 0.854. The first-order valence-corrected chi connectivity index (χ1v) is 8.12. The molecule has 0 aliphatic rings. The van der Waals surface area contributed by atoms with E-state index in [1.165, 1.54) is 11.8 Å². The van der Waals surface area contributed by atoms with Gasteiger partial charge < -0.3 is 10.4 Å². The molecule has 0 saturated heterocycles. The van der Waals surface area contributed by atoms with Crippen LogP contribution in [-0.2, 0) is 10.5 Å². The Morgan fingerprint density at radius 2 is 2.05 bits per heavy atom. The van der Waals surface area contributed by atoms with E-state index in [0.29, 0.717) is 10.7 Å². The molecule has 0 saturated carbocycles. The number of nitrogens with zero attached hydrogens (tertiary/aromatic N) is 1. The van der Waals surface area contributed by atoms with E-state index < -0.39 is 5.97 Å². The normalized spacial score (nSPS) is 10.3. The van der Waals surface area contributed by atoms with Crippen molar-refractivity contribution in [1.82, 2.24) is 4.37 Å². The monoisotopic (exact) mass is 322 g/mol. The number of carboxylic acids is 1. The fourth-order valence-electron chi connectivity index (χ4n) is 1.71. The number of aromatic nitrogens is 1. The van der Waals surface area contributed by atoms with Crippen LogP contribution in [-0.4, -0.2) is 27.1 Å². The predicted molar refractivity (Wildman–Crippen MR) is 85.0 cm³/mol. The highest BCUT2D eigenvalue weighted by atomic mass is 32.2. The van der Waals surface area contributed by atoms with Crippen molar-refractivity contribution in [3.63, 3.8) is 0 Å². The Kier molecular flexibility index (Phi) is 5.35. The number of nitrogens with one attached hydrogen (secondary N) is 1. The minimum atomic E-state index is -1.08. The van der Waals surface area contributed by atoms with Gasteiger partial charge in [0.2, 0.25) is 5.91 Å². The molecule has 1 heterocycles. The third-order valence-electron chi connectivity index (χ3n) is 2.67. The maximum Gasteiger partial charge on any atom is 0.340 e. The van der Waals surface area contributed by atoms with Crippen molar-refractivity contribution in [2.45, 2.75) is 12.7 Å². The van der Waals surface area contributed by atoms with Crippen molar-refractivity contribution in [1.29, 1.82) is 0 Å². The van der Waals surface area contributed by atoms with E-state index >= 15 is 0 Å². The largest absolute Gasteiger partial charge is 0.478 e. The van der Waals surface area contributed by atoms with Gasteiger partial charge in [0.05, 0.1) is 11.4 Å². The van der Waals surface area contributed by atoms with Crippen LogP contribution >= 0.6 is 23.3 Å². The number of aromatic carboxylic acids is 1. The lowest BCUT2D eigenvalue weighted by Crippen LogP contribution is -2.15. The third kappa shape index (κ3) is 4.30. The van der Waals surface area contributed by atoms with Crippen molar-refractivity contribution in [2.75, 3.05) is 11.1 Å². The van der Waals surface area contributed by atoms with Crippen molar-refractivity contribution in [3.05, 3.63) is 47.2 Å².